The number of methoxy groups -OCH3 is 2. The van der Waals surface area contributed by atoms with Gasteiger partial charge in [-0.2, -0.15) is 0 Å². The lowest BCUT2D eigenvalue weighted by Gasteiger charge is -2.17. The Morgan fingerprint density at radius 1 is 1.07 bits per heavy atom. The Kier molecular flexibility index (Phi) is 5.12. The standard InChI is InChI=1S/C20H18O8/c1-26-14-9-11(4-5-13(14)21)18-17(20(24)25)12-7-10(3-6-16(22)23)8-15(27-2)19(12)28-18/h3-9,17-18,21H,1-2H3,(H,22,23)(H,24,25)/b6-3+. The lowest BCUT2D eigenvalue weighted by Crippen LogP contribution is -2.18. The van der Waals surface area contributed by atoms with Gasteiger partial charge in [0.1, 0.15) is 12.0 Å². The van der Waals surface area contributed by atoms with Crippen LogP contribution in [-0.4, -0.2) is 41.5 Å². The first-order valence-electron chi connectivity index (χ1n) is 8.25. The number of ether oxygens (including phenoxy) is 3. The molecule has 0 saturated heterocycles. The van der Waals surface area contributed by atoms with E-state index in [2.05, 4.69) is 0 Å². The van der Waals surface area contributed by atoms with Crippen molar-refractivity contribution in [2.24, 2.45) is 0 Å². The summed E-state index contributed by atoms with van der Waals surface area (Å²) in [7, 11) is 2.80. The van der Waals surface area contributed by atoms with Gasteiger partial charge in [-0.3, -0.25) is 4.79 Å². The number of fused-ring (bicyclic) bond motifs is 1. The third-order valence-corrected chi connectivity index (χ3v) is 4.43. The van der Waals surface area contributed by atoms with Crippen molar-refractivity contribution in [3.8, 4) is 23.0 Å². The van der Waals surface area contributed by atoms with Gasteiger partial charge in [0.05, 0.1) is 14.2 Å². The van der Waals surface area contributed by atoms with Crippen molar-refractivity contribution < 1.29 is 39.1 Å². The van der Waals surface area contributed by atoms with E-state index in [0.29, 0.717) is 22.4 Å². The maximum atomic E-state index is 12.0. The van der Waals surface area contributed by atoms with Crippen molar-refractivity contribution in [3.05, 3.63) is 53.1 Å². The van der Waals surface area contributed by atoms with Crippen molar-refractivity contribution in [2.45, 2.75) is 12.0 Å². The van der Waals surface area contributed by atoms with Gasteiger partial charge in [0.15, 0.2) is 23.0 Å². The van der Waals surface area contributed by atoms with Gasteiger partial charge < -0.3 is 29.5 Å². The van der Waals surface area contributed by atoms with Crippen LogP contribution in [0.1, 0.15) is 28.7 Å². The Bertz CT molecular complexity index is 963. The predicted molar refractivity (Wildman–Crippen MR) is 98.1 cm³/mol. The van der Waals surface area contributed by atoms with Crippen LogP contribution in [0.25, 0.3) is 6.08 Å². The van der Waals surface area contributed by atoms with Crippen LogP contribution < -0.4 is 14.2 Å². The summed E-state index contributed by atoms with van der Waals surface area (Å²) >= 11 is 0. The molecule has 0 bridgehead atoms. The Morgan fingerprint density at radius 3 is 2.39 bits per heavy atom. The van der Waals surface area contributed by atoms with Crippen LogP contribution in [-0.2, 0) is 9.59 Å². The number of hydrogen-bond acceptors (Lipinski definition) is 6. The molecular formula is C20H18O8. The average molecular weight is 386 g/mol. The number of carbonyl (C=O) groups is 2. The van der Waals surface area contributed by atoms with Crippen LogP contribution in [0.2, 0.25) is 0 Å². The lowest BCUT2D eigenvalue weighted by molar-refractivity contribution is -0.140. The van der Waals surface area contributed by atoms with E-state index in [0.717, 1.165) is 6.08 Å². The molecule has 146 valence electrons. The molecule has 8 nitrogen and oxygen atoms in total. The summed E-state index contributed by atoms with van der Waals surface area (Å²) in [4.78, 5) is 22.8. The maximum absolute atomic E-state index is 12.0. The first kappa shape index (κ1) is 19.1. The summed E-state index contributed by atoms with van der Waals surface area (Å²) in [6, 6.07) is 7.60. The molecule has 0 amide bonds. The minimum Gasteiger partial charge on any atom is -0.504 e. The van der Waals surface area contributed by atoms with Crippen LogP contribution in [0.4, 0.5) is 0 Å². The summed E-state index contributed by atoms with van der Waals surface area (Å²) in [5.74, 6) is -2.61. The van der Waals surface area contributed by atoms with Crippen molar-refractivity contribution in [2.75, 3.05) is 14.2 Å². The summed E-state index contributed by atoms with van der Waals surface area (Å²) in [6.45, 7) is 0. The fourth-order valence-electron chi connectivity index (χ4n) is 3.17. The van der Waals surface area contributed by atoms with E-state index < -0.39 is 24.0 Å². The highest BCUT2D eigenvalue weighted by molar-refractivity contribution is 5.86. The molecule has 2 aromatic carbocycles. The third kappa shape index (κ3) is 3.44. The van der Waals surface area contributed by atoms with Gasteiger partial charge in [0, 0.05) is 11.6 Å². The van der Waals surface area contributed by atoms with Gasteiger partial charge in [0.25, 0.3) is 0 Å². The van der Waals surface area contributed by atoms with Gasteiger partial charge in [-0.15, -0.1) is 0 Å². The minimum absolute atomic E-state index is 0.0766. The average Bonchev–Trinajstić information content (AvgIpc) is 3.05. The Hall–Kier alpha value is -3.68. The molecule has 0 aromatic heterocycles. The monoisotopic (exact) mass is 386 g/mol. The number of aromatic hydroxyl groups is 1. The molecule has 0 saturated carbocycles. The van der Waals surface area contributed by atoms with E-state index >= 15 is 0 Å². The fraction of sp³-hybridized carbons (Fsp3) is 0.200. The topological polar surface area (TPSA) is 123 Å². The summed E-state index contributed by atoms with van der Waals surface area (Å²) in [6.07, 6.45) is 1.42. The molecule has 0 radical (unpaired) electrons. The number of rotatable bonds is 6. The number of aliphatic carboxylic acids is 2. The zero-order chi connectivity index (χ0) is 20.4. The highest BCUT2D eigenvalue weighted by Crippen LogP contribution is 2.51. The zero-order valence-corrected chi connectivity index (χ0v) is 15.1. The predicted octanol–water partition coefficient (Wildman–Crippen LogP) is 2.81. The van der Waals surface area contributed by atoms with Crippen LogP contribution in [0.5, 0.6) is 23.0 Å². The summed E-state index contributed by atoms with van der Waals surface area (Å²) in [5.41, 5.74) is 1.34. The Balaban J connectivity index is 2.11. The fourth-order valence-corrected chi connectivity index (χ4v) is 3.17. The quantitative estimate of drug-likeness (QED) is 0.648. The molecule has 2 atom stereocenters. The van der Waals surface area contributed by atoms with E-state index in [1.807, 2.05) is 0 Å². The highest BCUT2D eigenvalue weighted by Gasteiger charge is 2.42. The van der Waals surface area contributed by atoms with Crippen molar-refractivity contribution in [1.82, 2.24) is 0 Å². The van der Waals surface area contributed by atoms with E-state index in [9.17, 15) is 19.8 Å². The number of benzene rings is 2. The highest BCUT2D eigenvalue weighted by atomic mass is 16.5. The molecule has 0 fully saturated rings. The molecule has 0 spiro atoms. The smallest absolute Gasteiger partial charge is 0.328 e. The molecule has 2 unspecified atom stereocenters. The number of carboxylic acids is 2. The molecule has 1 aliphatic heterocycles. The second-order valence-corrected chi connectivity index (χ2v) is 6.10. The first-order chi connectivity index (χ1) is 13.3. The van der Waals surface area contributed by atoms with Crippen LogP contribution in [0.15, 0.2) is 36.4 Å². The van der Waals surface area contributed by atoms with Crippen LogP contribution in [0, 0.1) is 0 Å². The van der Waals surface area contributed by atoms with Crippen molar-refractivity contribution >= 4 is 18.0 Å². The van der Waals surface area contributed by atoms with E-state index in [-0.39, 0.29) is 17.2 Å². The molecule has 1 aliphatic rings. The maximum Gasteiger partial charge on any atom is 0.328 e. The van der Waals surface area contributed by atoms with Gasteiger partial charge >= 0.3 is 11.9 Å². The minimum atomic E-state index is -1.13. The number of phenols is 1. The second-order valence-electron chi connectivity index (χ2n) is 6.10. The molecule has 1 heterocycles. The molecular weight excluding hydrogens is 368 g/mol. The van der Waals surface area contributed by atoms with Crippen LogP contribution in [0.3, 0.4) is 0 Å². The molecule has 3 N–H and O–H groups in total. The Labute approximate surface area is 160 Å². The Morgan fingerprint density at radius 2 is 1.79 bits per heavy atom. The van der Waals surface area contributed by atoms with E-state index in [1.54, 1.807) is 18.2 Å². The first-order valence-corrected chi connectivity index (χ1v) is 8.25. The number of hydrogen-bond donors (Lipinski definition) is 3. The molecule has 3 rings (SSSR count). The van der Waals surface area contributed by atoms with Crippen molar-refractivity contribution in [3.63, 3.8) is 0 Å². The van der Waals surface area contributed by atoms with Crippen LogP contribution >= 0.6 is 0 Å². The van der Waals surface area contributed by atoms with Gasteiger partial charge in [-0.25, -0.2) is 4.79 Å². The zero-order valence-electron chi connectivity index (χ0n) is 15.1. The molecule has 28 heavy (non-hydrogen) atoms. The molecule has 0 aliphatic carbocycles. The number of phenolic OH excluding ortho intramolecular Hbond substituents is 1. The number of carboxylic acid groups (broad SMARTS) is 2. The molecule has 2 aromatic rings. The van der Waals surface area contributed by atoms with Gasteiger partial charge in [-0.1, -0.05) is 6.07 Å². The summed E-state index contributed by atoms with van der Waals surface area (Å²) < 4.78 is 16.3. The second kappa shape index (κ2) is 7.51. The SMILES string of the molecule is COc1cc(C2Oc3c(OC)cc(/C=C/C(=O)O)cc3C2C(=O)O)ccc1O. The molecule has 8 heteroatoms. The third-order valence-electron chi connectivity index (χ3n) is 4.43. The van der Waals surface area contributed by atoms with E-state index in [1.165, 1.54) is 32.4 Å². The lowest BCUT2D eigenvalue weighted by atomic mass is 9.90. The van der Waals surface area contributed by atoms with Crippen molar-refractivity contribution in [1.29, 1.82) is 0 Å². The largest absolute Gasteiger partial charge is 0.504 e. The summed E-state index contributed by atoms with van der Waals surface area (Å²) in [5, 5.41) is 28.5. The van der Waals surface area contributed by atoms with Gasteiger partial charge in [-0.05, 0) is 41.5 Å². The van der Waals surface area contributed by atoms with Gasteiger partial charge in [0.2, 0.25) is 0 Å². The normalized spacial score (nSPS) is 17.8. The van der Waals surface area contributed by atoms with E-state index in [4.69, 9.17) is 19.3 Å².